The summed E-state index contributed by atoms with van der Waals surface area (Å²) < 4.78 is 17.0. The van der Waals surface area contributed by atoms with Crippen LogP contribution in [0.4, 0.5) is 0 Å². The second-order valence-electron chi connectivity index (χ2n) is 11.7. The van der Waals surface area contributed by atoms with Crippen LogP contribution in [0, 0.1) is 0 Å². The number of rotatable bonds is 9. The van der Waals surface area contributed by atoms with Crippen LogP contribution in [0.2, 0.25) is 0 Å². The molecule has 9 heteroatoms. The Labute approximate surface area is 246 Å². The Hall–Kier alpha value is -3.18. The summed E-state index contributed by atoms with van der Waals surface area (Å²) in [6.07, 6.45) is -2.67. The molecule has 2 N–H and O–H groups in total. The molecule has 2 saturated heterocycles. The van der Waals surface area contributed by atoms with E-state index in [0.29, 0.717) is 0 Å². The number of fused-ring (bicyclic) bond motifs is 2. The standard InChI is InChI=1S/C33H39N3O6/c1-21(35-39-20-27(37)30-29(38)31-32(40-30)42-33(2,3)41-31)14-16-36-17-15-26-24(19-36)18-25(22-10-6-4-7-11-22)28(34-26)23-12-8-5-9-13-23/h4-13,18,27,29-32,37-38H,14-17,19-20H2,1-3H3/b35-21+/t27-,29+,30-,31-,32-/m1/s1. The molecule has 1 aromatic heterocycles. The molecule has 5 atom stereocenters. The number of oxime groups is 1. The summed E-state index contributed by atoms with van der Waals surface area (Å²) in [6.45, 7) is 7.92. The van der Waals surface area contributed by atoms with Crippen molar-refractivity contribution in [1.29, 1.82) is 0 Å². The maximum absolute atomic E-state index is 10.5. The van der Waals surface area contributed by atoms with Gasteiger partial charge in [0, 0.05) is 49.3 Å². The van der Waals surface area contributed by atoms with Gasteiger partial charge in [0.1, 0.15) is 31.0 Å². The molecule has 222 valence electrons. The van der Waals surface area contributed by atoms with Gasteiger partial charge >= 0.3 is 0 Å². The van der Waals surface area contributed by atoms with Crippen LogP contribution in [0.3, 0.4) is 0 Å². The highest BCUT2D eigenvalue weighted by atomic mass is 16.8. The van der Waals surface area contributed by atoms with E-state index in [0.717, 1.165) is 66.3 Å². The summed E-state index contributed by atoms with van der Waals surface area (Å²) in [5.41, 5.74) is 7.70. The predicted octanol–water partition coefficient (Wildman–Crippen LogP) is 4.15. The summed E-state index contributed by atoms with van der Waals surface area (Å²) in [5, 5.41) is 25.3. The Morgan fingerprint density at radius 1 is 1.10 bits per heavy atom. The molecular weight excluding hydrogens is 534 g/mol. The first kappa shape index (κ1) is 28.9. The van der Waals surface area contributed by atoms with Crippen LogP contribution < -0.4 is 0 Å². The monoisotopic (exact) mass is 573 g/mol. The number of aromatic nitrogens is 1. The Kier molecular flexibility index (Phi) is 8.40. The van der Waals surface area contributed by atoms with Gasteiger partial charge < -0.3 is 29.3 Å². The van der Waals surface area contributed by atoms with Crippen LogP contribution in [-0.2, 0) is 32.0 Å². The normalized spacial score (nSPS) is 26.1. The Balaban J connectivity index is 1.04. The molecule has 0 aliphatic carbocycles. The molecule has 0 spiro atoms. The zero-order valence-corrected chi connectivity index (χ0v) is 24.3. The van der Waals surface area contributed by atoms with E-state index >= 15 is 0 Å². The van der Waals surface area contributed by atoms with Crippen molar-refractivity contribution in [2.24, 2.45) is 5.16 Å². The minimum absolute atomic E-state index is 0.101. The molecule has 9 nitrogen and oxygen atoms in total. The van der Waals surface area contributed by atoms with Crippen molar-refractivity contribution in [2.45, 2.75) is 76.7 Å². The lowest BCUT2D eigenvalue weighted by atomic mass is 9.94. The molecule has 2 fully saturated rings. The summed E-state index contributed by atoms with van der Waals surface area (Å²) >= 11 is 0. The Morgan fingerprint density at radius 2 is 1.81 bits per heavy atom. The third kappa shape index (κ3) is 6.27. The van der Waals surface area contributed by atoms with Crippen molar-refractivity contribution in [3.63, 3.8) is 0 Å². The van der Waals surface area contributed by atoms with Crippen molar-refractivity contribution in [3.8, 4) is 22.4 Å². The molecule has 0 amide bonds. The zero-order valence-electron chi connectivity index (χ0n) is 24.3. The molecule has 0 radical (unpaired) electrons. The first-order valence-electron chi connectivity index (χ1n) is 14.7. The van der Waals surface area contributed by atoms with Gasteiger partial charge in [-0.15, -0.1) is 0 Å². The van der Waals surface area contributed by atoms with E-state index in [9.17, 15) is 10.2 Å². The number of hydrogen-bond donors (Lipinski definition) is 2. The van der Waals surface area contributed by atoms with Gasteiger partial charge in [0.15, 0.2) is 12.1 Å². The fourth-order valence-electron chi connectivity index (χ4n) is 5.89. The van der Waals surface area contributed by atoms with E-state index in [4.69, 9.17) is 24.0 Å². The van der Waals surface area contributed by atoms with Crippen LogP contribution in [0.5, 0.6) is 0 Å². The van der Waals surface area contributed by atoms with Gasteiger partial charge in [-0.1, -0.05) is 65.8 Å². The van der Waals surface area contributed by atoms with Gasteiger partial charge in [-0.2, -0.15) is 0 Å². The fourth-order valence-corrected chi connectivity index (χ4v) is 5.89. The number of aliphatic hydroxyl groups is 2. The lowest BCUT2D eigenvalue weighted by Crippen LogP contribution is -2.42. The van der Waals surface area contributed by atoms with Crippen LogP contribution in [0.1, 0.15) is 38.4 Å². The number of pyridine rings is 1. The molecule has 2 aromatic carbocycles. The summed E-state index contributed by atoms with van der Waals surface area (Å²) in [5.74, 6) is -0.827. The highest BCUT2D eigenvalue weighted by Crippen LogP contribution is 2.38. The topological polar surface area (TPSA) is 106 Å². The summed E-state index contributed by atoms with van der Waals surface area (Å²) in [7, 11) is 0. The molecule has 0 bridgehead atoms. The number of hydrogen-bond acceptors (Lipinski definition) is 9. The van der Waals surface area contributed by atoms with Crippen molar-refractivity contribution >= 4 is 5.71 Å². The van der Waals surface area contributed by atoms with Crippen molar-refractivity contribution in [1.82, 2.24) is 9.88 Å². The minimum Gasteiger partial charge on any atom is -0.393 e. The molecule has 3 aliphatic rings. The molecule has 3 aliphatic heterocycles. The average Bonchev–Trinajstić information content (AvgIpc) is 3.47. The number of aliphatic hydroxyl groups excluding tert-OH is 2. The smallest absolute Gasteiger partial charge is 0.190 e. The molecule has 4 heterocycles. The lowest BCUT2D eigenvalue weighted by molar-refractivity contribution is -0.228. The van der Waals surface area contributed by atoms with E-state index in [1.165, 1.54) is 5.56 Å². The second-order valence-corrected chi connectivity index (χ2v) is 11.7. The summed E-state index contributed by atoms with van der Waals surface area (Å²) in [6, 6.07) is 23.1. The number of benzene rings is 2. The van der Waals surface area contributed by atoms with Crippen LogP contribution in [0.25, 0.3) is 22.4 Å². The highest BCUT2D eigenvalue weighted by molar-refractivity contribution is 5.82. The van der Waals surface area contributed by atoms with Crippen molar-refractivity contribution in [3.05, 3.63) is 78.0 Å². The first-order chi connectivity index (χ1) is 20.3. The van der Waals surface area contributed by atoms with E-state index in [2.05, 4.69) is 64.7 Å². The van der Waals surface area contributed by atoms with Gasteiger partial charge in [-0.3, -0.25) is 9.88 Å². The first-order valence-corrected chi connectivity index (χ1v) is 14.7. The van der Waals surface area contributed by atoms with Gasteiger partial charge in [0.2, 0.25) is 0 Å². The lowest BCUT2D eigenvalue weighted by Gasteiger charge is -2.29. The average molecular weight is 574 g/mol. The summed E-state index contributed by atoms with van der Waals surface area (Å²) in [4.78, 5) is 13.0. The van der Waals surface area contributed by atoms with Gasteiger partial charge in [0.25, 0.3) is 0 Å². The quantitative estimate of drug-likeness (QED) is 0.291. The van der Waals surface area contributed by atoms with E-state index < -0.39 is 36.5 Å². The molecule has 0 saturated carbocycles. The van der Waals surface area contributed by atoms with Gasteiger partial charge in [0.05, 0.1) is 11.4 Å². The largest absolute Gasteiger partial charge is 0.393 e. The third-order valence-corrected chi connectivity index (χ3v) is 8.07. The Bertz CT molecular complexity index is 1400. The third-order valence-electron chi connectivity index (χ3n) is 8.07. The molecule has 6 rings (SSSR count). The Morgan fingerprint density at radius 3 is 2.52 bits per heavy atom. The SMILES string of the molecule is C/C(CCN1CCc2nc(-c3ccccc3)c(-c3ccccc3)cc2C1)=N\OC[C@@H](O)[C@H]1O[C@@H]2OC(C)(C)O[C@@H]2[C@H]1O. The van der Waals surface area contributed by atoms with E-state index in [-0.39, 0.29) is 6.61 Å². The molecule has 0 unspecified atom stereocenters. The maximum atomic E-state index is 10.5. The zero-order chi connectivity index (χ0) is 29.3. The van der Waals surface area contributed by atoms with Crippen LogP contribution in [0.15, 0.2) is 71.9 Å². The van der Waals surface area contributed by atoms with E-state index in [1.54, 1.807) is 13.8 Å². The maximum Gasteiger partial charge on any atom is 0.190 e. The van der Waals surface area contributed by atoms with Gasteiger partial charge in [-0.05, 0) is 38.0 Å². The molecule has 42 heavy (non-hydrogen) atoms. The van der Waals surface area contributed by atoms with Crippen molar-refractivity contribution < 1.29 is 29.3 Å². The van der Waals surface area contributed by atoms with Crippen LogP contribution >= 0.6 is 0 Å². The van der Waals surface area contributed by atoms with Crippen molar-refractivity contribution in [2.75, 3.05) is 19.7 Å². The minimum atomic E-state index is -1.07. The molecule has 3 aromatic rings. The number of nitrogens with zero attached hydrogens (tertiary/aromatic N) is 3. The predicted molar refractivity (Wildman–Crippen MR) is 158 cm³/mol. The second kappa shape index (κ2) is 12.2. The highest BCUT2D eigenvalue weighted by Gasteiger charge is 2.56. The van der Waals surface area contributed by atoms with Crippen LogP contribution in [-0.4, -0.2) is 82.0 Å². The molecular formula is C33H39N3O6. The van der Waals surface area contributed by atoms with E-state index in [1.807, 2.05) is 19.1 Å². The fraction of sp³-hybridized carbons (Fsp3) is 0.455. The number of ether oxygens (including phenoxy) is 3. The van der Waals surface area contributed by atoms with Gasteiger partial charge in [-0.25, -0.2) is 0 Å².